The van der Waals surface area contributed by atoms with Crippen LogP contribution in [-0.2, 0) is 16.1 Å². The second-order valence-electron chi connectivity index (χ2n) is 6.66. The molecule has 30 heavy (non-hydrogen) atoms. The number of nitrogens with zero attached hydrogens (tertiary/aromatic N) is 2. The number of ether oxygens (including phenoxy) is 1. The van der Waals surface area contributed by atoms with Gasteiger partial charge in [0.15, 0.2) is 6.61 Å². The van der Waals surface area contributed by atoms with E-state index in [1.165, 1.54) is 36.4 Å². The predicted octanol–water partition coefficient (Wildman–Crippen LogP) is 4.09. The van der Waals surface area contributed by atoms with E-state index in [2.05, 4.69) is 0 Å². The summed E-state index contributed by atoms with van der Waals surface area (Å²) in [5, 5.41) is 10.6. The van der Waals surface area contributed by atoms with E-state index in [1.54, 1.807) is 18.4 Å². The van der Waals surface area contributed by atoms with Crippen molar-refractivity contribution in [2.24, 2.45) is 0 Å². The van der Waals surface area contributed by atoms with E-state index >= 15 is 0 Å². The molecule has 8 heteroatoms. The van der Waals surface area contributed by atoms with Gasteiger partial charge in [0.05, 0.1) is 17.7 Å². The molecule has 0 aliphatic heterocycles. The first-order chi connectivity index (χ1) is 14.3. The van der Waals surface area contributed by atoms with E-state index in [4.69, 9.17) is 9.15 Å². The molecule has 0 aliphatic carbocycles. The minimum Gasteiger partial charge on any atom is -0.467 e. The number of aromatic nitrogens is 1. The molecule has 0 unspecified atom stereocenters. The number of ketones is 1. The molecule has 0 amide bonds. The number of carbonyl (C=O) groups is 2. The van der Waals surface area contributed by atoms with Crippen LogP contribution in [0.15, 0.2) is 59.2 Å². The van der Waals surface area contributed by atoms with Gasteiger partial charge >= 0.3 is 5.97 Å². The Morgan fingerprint density at radius 2 is 1.93 bits per heavy atom. The molecule has 3 aromatic rings. The molecule has 2 aromatic heterocycles. The number of rotatable bonds is 8. The Labute approximate surface area is 172 Å². The quantitative estimate of drug-likeness (QED) is 0.183. The average Bonchev–Trinajstić information content (AvgIpc) is 3.34. The Hall–Kier alpha value is -3.94. The molecule has 0 N–H and O–H groups in total. The highest BCUT2D eigenvalue weighted by molar-refractivity contribution is 6.00. The lowest BCUT2D eigenvalue weighted by Crippen LogP contribution is -2.13. The lowest BCUT2D eigenvalue weighted by atomic mass is 10.1. The van der Waals surface area contributed by atoms with Crippen molar-refractivity contribution in [3.8, 4) is 0 Å². The van der Waals surface area contributed by atoms with Gasteiger partial charge in [-0.3, -0.25) is 14.9 Å². The Morgan fingerprint density at radius 1 is 1.20 bits per heavy atom. The van der Waals surface area contributed by atoms with Gasteiger partial charge in [-0.2, -0.15) is 0 Å². The number of nitro groups is 1. The van der Waals surface area contributed by atoms with Crippen molar-refractivity contribution in [1.29, 1.82) is 0 Å². The van der Waals surface area contributed by atoms with E-state index in [0.29, 0.717) is 17.7 Å². The molecular formula is C22H20N2O6. The van der Waals surface area contributed by atoms with Gasteiger partial charge in [0, 0.05) is 35.2 Å². The van der Waals surface area contributed by atoms with E-state index in [1.807, 2.05) is 24.5 Å². The summed E-state index contributed by atoms with van der Waals surface area (Å²) >= 11 is 0. The number of esters is 1. The number of Topliss-reactive ketones (excluding diaryl/α,β-unsaturated/α-hetero) is 1. The molecule has 0 saturated heterocycles. The number of furan rings is 1. The van der Waals surface area contributed by atoms with Gasteiger partial charge in [0.2, 0.25) is 5.78 Å². The summed E-state index contributed by atoms with van der Waals surface area (Å²) in [5.41, 5.74) is 2.73. The zero-order valence-electron chi connectivity index (χ0n) is 16.5. The Morgan fingerprint density at radius 3 is 2.57 bits per heavy atom. The van der Waals surface area contributed by atoms with Crippen LogP contribution in [0.1, 0.15) is 33.1 Å². The Balaban J connectivity index is 1.58. The summed E-state index contributed by atoms with van der Waals surface area (Å²) in [6.07, 6.45) is 4.24. The molecule has 0 bridgehead atoms. The summed E-state index contributed by atoms with van der Waals surface area (Å²) in [5.74, 6) is -0.199. The smallest absolute Gasteiger partial charge is 0.331 e. The van der Waals surface area contributed by atoms with Gasteiger partial charge < -0.3 is 13.7 Å². The summed E-state index contributed by atoms with van der Waals surface area (Å²) in [6, 6.07) is 11.1. The maximum Gasteiger partial charge on any atom is 0.331 e. The zero-order chi connectivity index (χ0) is 21.7. The third-order valence-electron chi connectivity index (χ3n) is 4.63. The van der Waals surface area contributed by atoms with Crippen molar-refractivity contribution in [2.45, 2.75) is 20.4 Å². The van der Waals surface area contributed by atoms with Crippen molar-refractivity contribution in [3.05, 3.63) is 93.2 Å². The van der Waals surface area contributed by atoms with E-state index in [9.17, 15) is 19.7 Å². The molecule has 0 fully saturated rings. The maximum atomic E-state index is 12.5. The fraction of sp³-hybridized carbons (Fsp3) is 0.182. The van der Waals surface area contributed by atoms with E-state index in [0.717, 1.165) is 17.1 Å². The van der Waals surface area contributed by atoms with Crippen molar-refractivity contribution < 1.29 is 23.7 Å². The summed E-state index contributed by atoms with van der Waals surface area (Å²) in [4.78, 5) is 34.6. The number of carbonyl (C=O) groups excluding carboxylic acids is 2. The van der Waals surface area contributed by atoms with Gasteiger partial charge in [-0.15, -0.1) is 0 Å². The first kappa shape index (κ1) is 20.8. The lowest BCUT2D eigenvalue weighted by Gasteiger charge is -2.08. The number of aryl methyl sites for hydroxylation is 1. The highest BCUT2D eigenvalue weighted by Crippen LogP contribution is 2.18. The third kappa shape index (κ3) is 4.91. The van der Waals surface area contributed by atoms with Crippen LogP contribution in [0, 0.1) is 24.0 Å². The van der Waals surface area contributed by atoms with E-state index < -0.39 is 10.9 Å². The highest BCUT2D eigenvalue weighted by Gasteiger charge is 2.17. The second-order valence-corrected chi connectivity index (χ2v) is 6.66. The van der Waals surface area contributed by atoms with Crippen LogP contribution in [0.5, 0.6) is 0 Å². The number of hydrogen-bond acceptors (Lipinski definition) is 6. The molecule has 3 rings (SSSR count). The maximum absolute atomic E-state index is 12.5. The molecule has 154 valence electrons. The van der Waals surface area contributed by atoms with Crippen LogP contribution >= 0.6 is 0 Å². The summed E-state index contributed by atoms with van der Waals surface area (Å²) < 4.78 is 12.4. The number of nitro benzene ring substituents is 1. The molecule has 8 nitrogen and oxygen atoms in total. The summed E-state index contributed by atoms with van der Waals surface area (Å²) in [6.45, 7) is 3.86. The normalized spacial score (nSPS) is 11.0. The standard InChI is InChI=1S/C22H20N2O6/c1-15-12-20(16(2)23(15)13-19-4-3-11-29-19)21(25)14-30-22(26)10-7-17-5-8-18(9-6-17)24(27)28/h3-12H,13-14H2,1-2H3. The topological polar surface area (TPSA) is 105 Å². The fourth-order valence-electron chi connectivity index (χ4n) is 3.02. The van der Waals surface area contributed by atoms with Crippen LogP contribution in [0.4, 0.5) is 5.69 Å². The van der Waals surface area contributed by atoms with Gasteiger partial charge in [0.1, 0.15) is 5.76 Å². The number of hydrogen-bond donors (Lipinski definition) is 0. The van der Waals surface area contributed by atoms with Crippen molar-refractivity contribution in [3.63, 3.8) is 0 Å². The van der Waals surface area contributed by atoms with Crippen molar-refractivity contribution >= 4 is 23.5 Å². The zero-order valence-corrected chi connectivity index (χ0v) is 16.5. The number of benzene rings is 1. The fourth-order valence-corrected chi connectivity index (χ4v) is 3.02. The first-order valence-electron chi connectivity index (χ1n) is 9.16. The van der Waals surface area contributed by atoms with Crippen LogP contribution in [0.3, 0.4) is 0 Å². The largest absolute Gasteiger partial charge is 0.467 e. The van der Waals surface area contributed by atoms with E-state index in [-0.39, 0.29) is 18.1 Å². The van der Waals surface area contributed by atoms with Crippen LogP contribution < -0.4 is 0 Å². The average molecular weight is 408 g/mol. The van der Waals surface area contributed by atoms with Crippen LogP contribution in [0.25, 0.3) is 6.08 Å². The first-order valence-corrected chi connectivity index (χ1v) is 9.16. The lowest BCUT2D eigenvalue weighted by molar-refractivity contribution is -0.384. The molecule has 2 heterocycles. The third-order valence-corrected chi connectivity index (χ3v) is 4.63. The molecule has 0 spiro atoms. The Bertz CT molecular complexity index is 1090. The highest BCUT2D eigenvalue weighted by atomic mass is 16.6. The van der Waals surface area contributed by atoms with Gasteiger partial charge in [-0.25, -0.2) is 4.79 Å². The monoisotopic (exact) mass is 408 g/mol. The van der Waals surface area contributed by atoms with Gasteiger partial charge in [0.25, 0.3) is 5.69 Å². The van der Waals surface area contributed by atoms with Crippen LogP contribution in [-0.4, -0.2) is 27.8 Å². The number of non-ortho nitro benzene ring substituents is 1. The van der Waals surface area contributed by atoms with Crippen molar-refractivity contribution in [2.75, 3.05) is 6.61 Å². The summed E-state index contributed by atoms with van der Waals surface area (Å²) in [7, 11) is 0. The molecule has 0 aliphatic rings. The molecule has 1 aromatic carbocycles. The minimum atomic E-state index is -0.675. The second kappa shape index (κ2) is 9.04. The minimum absolute atomic E-state index is 0.0371. The molecule has 0 radical (unpaired) electrons. The van der Waals surface area contributed by atoms with Gasteiger partial charge in [-0.05, 0) is 55.8 Å². The molecule has 0 saturated carbocycles. The van der Waals surface area contributed by atoms with Crippen LogP contribution in [0.2, 0.25) is 0 Å². The predicted molar refractivity (Wildman–Crippen MR) is 109 cm³/mol. The Kier molecular flexibility index (Phi) is 6.26. The van der Waals surface area contributed by atoms with Gasteiger partial charge in [-0.1, -0.05) is 0 Å². The molecular weight excluding hydrogens is 388 g/mol. The molecule has 0 atom stereocenters. The SMILES string of the molecule is Cc1cc(C(=O)COC(=O)C=Cc2ccc([N+](=O)[O-])cc2)c(C)n1Cc1ccco1. The van der Waals surface area contributed by atoms with Crippen molar-refractivity contribution in [1.82, 2.24) is 4.57 Å².